The van der Waals surface area contributed by atoms with Crippen molar-refractivity contribution >= 4 is 22.6 Å². The maximum absolute atomic E-state index is 5.43. The van der Waals surface area contributed by atoms with Crippen LogP contribution in [-0.4, -0.2) is 23.9 Å². The lowest BCUT2D eigenvalue weighted by Crippen LogP contribution is -2.13. The minimum atomic E-state index is -0.0461. The summed E-state index contributed by atoms with van der Waals surface area (Å²) >= 11 is 2.37. The van der Waals surface area contributed by atoms with Gasteiger partial charge in [0, 0.05) is 12.3 Å². The summed E-state index contributed by atoms with van der Waals surface area (Å²) in [5.74, 6) is 3.12. The summed E-state index contributed by atoms with van der Waals surface area (Å²) in [7, 11) is 0. The number of ether oxygens (including phenoxy) is 2. The van der Waals surface area contributed by atoms with Crippen LogP contribution in [0, 0.1) is 18.3 Å². The number of terminal acetylenes is 1. The van der Waals surface area contributed by atoms with E-state index in [0.29, 0.717) is 19.1 Å². The Hall–Kier alpha value is 0.210. The number of hydrogen-bond acceptors (Lipinski definition) is 2. The van der Waals surface area contributed by atoms with Crippen LogP contribution in [0.4, 0.5) is 0 Å². The molecule has 0 aromatic rings. The molecule has 0 aromatic carbocycles. The summed E-state index contributed by atoms with van der Waals surface area (Å²) in [5.41, 5.74) is 0. The lowest BCUT2D eigenvalue weighted by molar-refractivity contribution is -0.0532. The Kier molecular flexibility index (Phi) is 5.76. The van der Waals surface area contributed by atoms with Gasteiger partial charge in [0.15, 0.2) is 6.29 Å². The molecule has 0 N–H and O–H groups in total. The fourth-order valence-electron chi connectivity index (χ4n) is 1.37. The standard InChI is InChI=1S/C10H15IO2/c1-2-9(4-3-5-11)8-10-12-6-7-13-10/h1,9-10H,3-8H2. The van der Waals surface area contributed by atoms with Gasteiger partial charge in [0.25, 0.3) is 0 Å². The van der Waals surface area contributed by atoms with Crippen LogP contribution in [0.15, 0.2) is 0 Å². The molecule has 0 saturated carbocycles. The molecule has 0 amide bonds. The van der Waals surface area contributed by atoms with Gasteiger partial charge in [0.1, 0.15) is 0 Å². The van der Waals surface area contributed by atoms with Crippen LogP contribution >= 0.6 is 22.6 Å². The summed E-state index contributed by atoms with van der Waals surface area (Å²) in [6, 6.07) is 0. The lowest BCUT2D eigenvalue weighted by atomic mass is 10.0. The Morgan fingerprint density at radius 2 is 2.15 bits per heavy atom. The van der Waals surface area contributed by atoms with Gasteiger partial charge >= 0.3 is 0 Å². The van der Waals surface area contributed by atoms with E-state index in [2.05, 4.69) is 28.5 Å². The summed E-state index contributed by atoms with van der Waals surface area (Å²) in [6.45, 7) is 1.43. The fraction of sp³-hybridized carbons (Fsp3) is 0.800. The van der Waals surface area contributed by atoms with Gasteiger partial charge in [0.05, 0.1) is 13.2 Å². The smallest absolute Gasteiger partial charge is 0.158 e. The summed E-state index contributed by atoms with van der Waals surface area (Å²) in [4.78, 5) is 0. The zero-order chi connectivity index (χ0) is 9.52. The molecule has 0 aromatic heterocycles. The topological polar surface area (TPSA) is 18.5 Å². The average molecular weight is 294 g/mol. The molecular weight excluding hydrogens is 279 g/mol. The van der Waals surface area contributed by atoms with E-state index in [9.17, 15) is 0 Å². The van der Waals surface area contributed by atoms with Crippen molar-refractivity contribution in [2.24, 2.45) is 5.92 Å². The second kappa shape index (κ2) is 6.63. The van der Waals surface area contributed by atoms with E-state index in [1.807, 2.05) is 0 Å². The Morgan fingerprint density at radius 3 is 2.69 bits per heavy atom. The van der Waals surface area contributed by atoms with E-state index in [1.54, 1.807) is 0 Å². The maximum atomic E-state index is 5.43. The molecule has 74 valence electrons. The SMILES string of the molecule is C#CC(CCCI)CC1OCCO1. The first-order valence-corrected chi connectivity index (χ1v) is 6.14. The van der Waals surface area contributed by atoms with Gasteiger partial charge in [-0.1, -0.05) is 22.6 Å². The van der Waals surface area contributed by atoms with Crippen molar-refractivity contribution in [3.8, 4) is 12.3 Å². The fourth-order valence-corrected chi connectivity index (χ4v) is 1.81. The van der Waals surface area contributed by atoms with Crippen molar-refractivity contribution in [2.45, 2.75) is 25.6 Å². The highest BCUT2D eigenvalue weighted by atomic mass is 127. The third-order valence-corrected chi connectivity index (χ3v) is 2.85. The van der Waals surface area contributed by atoms with E-state index < -0.39 is 0 Å². The van der Waals surface area contributed by atoms with E-state index in [1.165, 1.54) is 10.8 Å². The molecule has 0 spiro atoms. The van der Waals surface area contributed by atoms with Crippen molar-refractivity contribution in [1.29, 1.82) is 0 Å². The Morgan fingerprint density at radius 1 is 1.46 bits per heavy atom. The van der Waals surface area contributed by atoms with Gasteiger partial charge in [-0.25, -0.2) is 0 Å². The van der Waals surface area contributed by atoms with E-state index in [-0.39, 0.29) is 6.29 Å². The van der Waals surface area contributed by atoms with Crippen molar-refractivity contribution in [1.82, 2.24) is 0 Å². The van der Waals surface area contributed by atoms with Gasteiger partial charge in [0.2, 0.25) is 0 Å². The average Bonchev–Trinajstić information content (AvgIpc) is 2.64. The van der Waals surface area contributed by atoms with Gasteiger partial charge in [-0.05, 0) is 17.3 Å². The molecule has 1 atom stereocenters. The highest BCUT2D eigenvalue weighted by Crippen LogP contribution is 2.18. The molecule has 1 heterocycles. The summed E-state index contributed by atoms with van der Waals surface area (Å²) in [5, 5.41) is 0. The quantitative estimate of drug-likeness (QED) is 0.440. The van der Waals surface area contributed by atoms with Crippen molar-refractivity contribution in [3.63, 3.8) is 0 Å². The maximum Gasteiger partial charge on any atom is 0.158 e. The number of rotatable bonds is 5. The molecule has 1 aliphatic heterocycles. The Labute approximate surface area is 93.5 Å². The van der Waals surface area contributed by atoms with Crippen LogP contribution in [-0.2, 0) is 9.47 Å². The molecule has 1 aliphatic rings. The van der Waals surface area contributed by atoms with Crippen molar-refractivity contribution < 1.29 is 9.47 Å². The molecule has 0 radical (unpaired) electrons. The minimum absolute atomic E-state index is 0.0461. The van der Waals surface area contributed by atoms with Crippen LogP contribution in [0.25, 0.3) is 0 Å². The van der Waals surface area contributed by atoms with E-state index in [0.717, 1.165) is 12.8 Å². The van der Waals surface area contributed by atoms with Gasteiger partial charge in [-0.15, -0.1) is 12.3 Å². The van der Waals surface area contributed by atoms with Crippen molar-refractivity contribution in [2.75, 3.05) is 17.6 Å². The Balaban J connectivity index is 2.18. The first-order chi connectivity index (χ1) is 6.36. The third-order valence-electron chi connectivity index (χ3n) is 2.09. The minimum Gasteiger partial charge on any atom is -0.350 e. The molecule has 0 bridgehead atoms. The van der Waals surface area contributed by atoms with Gasteiger partial charge < -0.3 is 9.47 Å². The molecule has 1 rings (SSSR count). The highest BCUT2D eigenvalue weighted by Gasteiger charge is 2.19. The molecule has 1 unspecified atom stereocenters. The zero-order valence-corrected chi connectivity index (χ0v) is 9.83. The molecule has 1 saturated heterocycles. The van der Waals surface area contributed by atoms with E-state index >= 15 is 0 Å². The van der Waals surface area contributed by atoms with Crippen LogP contribution in [0.1, 0.15) is 19.3 Å². The Bertz CT molecular complexity index is 170. The molecule has 0 aliphatic carbocycles. The van der Waals surface area contributed by atoms with Crippen LogP contribution in [0.3, 0.4) is 0 Å². The van der Waals surface area contributed by atoms with E-state index in [4.69, 9.17) is 15.9 Å². The number of alkyl halides is 1. The third kappa shape index (κ3) is 4.30. The van der Waals surface area contributed by atoms with Gasteiger partial charge in [-0.2, -0.15) is 0 Å². The monoisotopic (exact) mass is 294 g/mol. The largest absolute Gasteiger partial charge is 0.350 e. The first kappa shape index (κ1) is 11.3. The van der Waals surface area contributed by atoms with Crippen molar-refractivity contribution in [3.05, 3.63) is 0 Å². The van der Waals surface area contributed by atoms with Crippen LogP contribution in [0.5, 0.6) is 0 Å². The number of halogens is 1. The van der Waals surface area contributed by atoms with Crippen LogP contribution in [0.2, 0.25) is 0 Å². The lowest BCUT2D eigenvalue weighted by Gasteiger charge is -2.13. The molecular formula is C10H15IO2. The second-order valence-electron chi connectivity index (χ2n) is 3.10. The normalized spacial score (nSPS) is 20.0. The molecule has 2 nitrogen and oxygen atoms in total. The molecule has 13 heavy (non-hydrogen) atoms. The highest BCUT2D eigenvalue weighted by molar-refractivity contribution is 14.1. The first-order valence-electron chi connectivity index (χ1n) is 4.62. The molecule has 3 heteroatoms. The number of hydrogen-bond donors (Lipinski definition) is 0. The second-order valence-corrected chi connectivity index (χ2v) is 4.18. The predicted molar refractivity (Wildman–Crippen MR) is 60.8 cm³/mol. The zero-order valence-electron chi connectivity index (χ0n) is 7.67. The predicted octanol–water partition coefficient (Wildman–Crippen LogP) is 2.21. The summed E-state index contributed by atoms with van der Waals surface area (Å²) < 4.78 is 11.9. The van der Waals surface area contributed by atoms with Gasteiger partial charge in [-0.3, -0.25) is 0 Å². The molecule has 1 fully saturated rings. The van der Waals surface area contributed by atoms with Crippen LogP contribution < -0.4 is 0 Å². The summed E-state index contributed by atoms with van der Waals surface area (Å²) in [6.07, 6.45) is 8.51.